The van der Waals surface area contributed by atoms with Gasteiger partial charge in [-0.05, 0) is 31.2 Å². The van der Waals surface area contributed by atoms with Gasteiger partial charge in [-0.3, -0.25) is 0 Å². The fourth-order valence-corrected chi connectivity index (χ4v) is 3.21. The van der Waals surface area contributed by atoms with Crippen LogP contribution in [-0.4, -0.2) is 27.0 Å². The molecule has 1 aromatic carbocycles. The summed E-state index contributed by atoms with van der Waals surface area (Å²) in [6.45, 7) is 1.31. The van der Waals surface area contributed by atoms with Gasteiger partial charge in [-0.15, -0.1) is 16.4 Å². The molecule has 0 radical (unpaired) electrons. The van der Waals surface area contributed by atoms with Gasteiger partial charge in [0.25, 0.3) is 5.88 Å². The van der Waals surface area contributed by atoms with E-state index in [9.17, 15) is 13.6 Å². The van der Waals surface area contributed by atoms with Gasteiger partial charge < -0.3 is 9.84 Å². The number of thiophene rings is 1. The Hall–Kier alpha value is -2.45. The lowest BCUT2D eigenvalue weighted by Crippen LogP contribution is -2.23. The number of aromatic nitrogens is 2. The van der Waals surface area contributed by atoms with E-state index >= 15 is 0 Å². The number of ether oxygens (including phenoxy) is 1. The van der Waals surface area contributed by atoms with Crippen molar-refractivity contribution in [3.8, 4) is 22.1 Å². The molecule has 1 atom stereocenters. The van der Waals surface area contributed by atoms with Crippen LogP contribution < -0.4 is 4.74 Å². The van der Waals surface area contributed by atoms with Crippen LogP contribution in [0.4, 0.5) is 8.78 Å². The summed E-state index contributed by atoms with van der Waals surface area (Å²) in [6, 6.07) is 8.55. The monoisotopic (exact) mass is 384 g/mol. The highest BCUT2D eigenvalue weighted by molar-refractivity contribution is 7.13. The quantitative estimate of drug-likeness (QED) is 0.708. The first-order chi connectivity index (χ1) is 11.9. The van der Waals surface area contributed by atoms with Crippen LogP contribution >= 0.6 is 22.9 Å². The van der Waals surface area contributed by atoms with Crippen molar-refractivity contribution in [3.05, 3.63) is 52.4 Å². The van der Waals surface area contributed by atoms with Crippen LogP contribution in [0.25, 0.3) is 16.3 Å². The van der Waals surface area contributed by atoms with Crippen molar-refractivity contribution in [3.63, 3.8) is 0 Å². The van der Waals surface area contributed by atoms with Crippen molar-refractivity contribution < 1.29 is 23.4 Å². The molecule has 130 valence electrons. The van der Waals surface area contributed by atoms with Crippen molar-refractivity contribution in [2.24, 2.45) is 0 Å². The Morgan fingerprint density at radius 2 is 2.04 bits per heavy atom. The molecule has 9 heteroatoms. The summed E-state index contributed by atoms with van der Waals surface area (Å²) in [5.41, 5.74) is 0.291. The maximum absolute atomic E-state index is 14.2. The number of para-hydroxylation sites is 1. The average Bonchev–Trinajstić information content (AvgIpc) is 3.12. The van der Waals surface area contributed by atoms with E-state index in [1.807, 2.05) is 0 Å². The predicted octanol–water partition coefficient (Wildman–Crippen LogP) is 4.38. The molecule has 2 heterocycles. The molecule has 25 heavy (non-hydrogen) atoms. The van der Waals surface area contributed by atoms with Crippen LogP contribution in [0.1, 0.15) is 6.92 Å². The zero-order valence-corrected chi connectivity index (χ0v) is 14.3. The fraction of sp³-hybridized carbons (Fsp3) is 0.125. The Labute approximate surface area is 150 Å². The number of halogens is 3. The highest BCUT2D eigenvalue weighted by Gasteiger charge is 2.25. The molecule has 0 aliphatic rings. The zero-order chi connectivity index (χ0) is 18.1. The smallest absolute Gasteiger partial charge is 0.344 e. The topological polar surface area (TPSA) is 64.4 Å². The normalized spacial score (nSPS) is 12.2. The molecule has 1 N–H and O–H groups in total. The molecule has 5 nitrogen and oxygen atoms in total. The van der Waals surface area contributed by atoms with Crippen LogP contribution in [0.2, 0.25) is 5.02 Å². The maximum Gasteiger partial charge on any atom is 0.344 e. The summed E-state index contributed by atoms with van der Waals surface area (Å²) in [5, 5.41) is 12.6. The standard InChI is InChI=1S/C16H11ClF2N2O3S/c1-8(16(22)23)24-15-13(17)14(11-6-7-12(19)25-11)21(20-15)10-5-3-2-4-9(10)18/h2-8H,1H3,(H,22,23). The van der Waals surface area contributed by atoms with E-state index in [0.717, 1.165) is 11.3 Å². The molecule has 3 rings (SSSR count). The first-order valence-electron chi connectivity index (χ1n) is 7.07. The van der Waals surface area contributed by atoms with Crippen LogP contribution in [0.5, 0.6) is 5.88 Å². The summed E-state index contributed by atoms with van der Waals surface area (Å²) in [5.74, 6) is -1.96. The van der Waals surface area contributed by atoms with E-state index in [1.165, 1.54) is 41.9 Å². The second-order valence-electron chi connectivity index (χ2n) is 5.03. The first kappa shape index (κ1) is 17.4. The molecule has 0 saturated carbocycles. The predicted molar refractivity (Wildman–Crippen MR) is 89.5 cm³/mol. The lowest BCUT2D eigenvalue weighted by Gasteiger charge is -2.07. The van der Waals surface area contributed by atoms with E-state index < -0.39 is 23.0 Å². The number of benzene rings is 1. The molecule has 0 spiro atoms. The zero-order valence-electron chi connectivity index (χ0n) is 12.7. The van der Waals surface area contributed by atoms with Gasteiger partial charge in [0.15, 0.2) is 11.2 Å². The maximum atomic E-state index is 14.2. The Balaban J connectivity index is 2.19. The van der Waals surface area contributed by atoms with Crippen molar-refractivity contribution in [2.75, 3.05) is 0 Å². The van der Waals surface area contributed by atoms with Gasteiger partial charge in [0.05, 0.1) is 4.88 Å². The Kier molecular flexibility index (Phi) is 4.73. The molecule has 0 aliphatic carbocycles. The van der Waals surface area contributed by atoms with Gasteiger partial charge in [-0.25, -0.2) is 13.9 Å². The Morgan fingerprint density at radius 1 is 1.32 bits per heavy atom. The second kappa shape index (κ2) is 6.81. The van der Waals surface area contributed by atoms with Crippen LogP contribution in [0.3, 0.4) is 0 Å². The minimum atomic E-state index is -1.21. The number of hydrogen-bond donors (Lipinski definition) is 1. The van der Waals surface area contributed by atoms with Gasteiger partial charge in [-0.2, -0.15) is 4.39 Å². The summed E-state index contributed by atoms with van der Waals surface area (Å²) in [4.78, 5) is 11.4. The van der Waals surface area contributed by atoms with Crippen molar-refractivity contribution in [1.82, 2.24) is 9.78 Å². The Bertz CT molecular complexity index is 941. The molecule has 0 amide bonds. The molecule has 2 aromatic heterocycles. The molecule has 0 fully saturated rings. The molecule has 3 aromatic rings. The number of hydrogen-bond acceptors (Lipinski definition) is 4. The lowest BCUT2D eigenvalue weighted by atomic mass is 10.3. The molecule has 0 aliphatic heterocycles. The fourth-order valence-electron chi connectivity index (χ4n) is 2.12. The van der Waals surface area contributed by atoms with Gasteiger partial charge in [0, 0.05) is 0 Å². The van der Waals surface area contributed by atoms with Crippen molar-refractivity contribution in [1.29, 1.82) is 0 Å². The molecule has 1 unspecified atom stereocenters. The number of carboxylic acids is 1. The average molecular weight is 385 g/mol. The van der Waals surface area contributed by atoms with E-state index in [4.69, 9.17) is 21.4 Å². The van der Waals surface area contributed by atoms with Gasteiger partial charge in [0.2, 0.25) is 0 Å². The number of rotatable bonds is 5. The highest BCUT2D eigenvalue weighted by Crippen LogP contribution is 2.40. The van der Waals surface area contributed by atoms with E-state index in [0.29, 0.717) is 4.88 Å². The summed E-state index contributed by atoms with van der Waals surface area (Å²) >= 11 is 7.09. The first-order valence-corrected chi connectivity index (χ1v) is 8.26. The number of carboxylic acid groups (broad SMARTS) is 1. The largest absolute Gasteiger partial charge is 0.479 e. The van der Waals surface area contributed by atoms with Crippen LogP contribution in [-0.2, 0) is 4.79 Å². The van der Waals surface area contributed by atoms with E-state index in [-0.39, 0.29) is 22.3 Å². The van der Waals surface area contributed by atoms with Crippen molar-refractivity contribution >= 4 is 28.9 Å². The summed E-state index contributed by atoms with van der Waals surface area (Å²) in [6.07, 6.45) is -1.21. The van der Waals surface area contributed by atoms with E-state index in [2.05, 4.69) is 5.10 Å². The summed E-state index contributed by atoms with van der Waals surface area (Å²) < 4.78 is 34.1. The molecule has 0 bridgehead atoms. The SMILES string of the molecule is CC(Oc1nn(-c2ccccc2F)c(-c2ccc(F)s2)c1Cl)C(=O)O. The van der Waals surface area contributed by atoms with Crippen molar-refractivity contribution in [2.45, 2.75) is 13.0 Å². The molecule has 0 saturated heterocycles. The number of nitrogens with zero attached hydrogens (tertiary/aromatic N) is 2. The van der Waals surface area contributed by atoms with Gasteiger partial charge in [0.1, 0.15) is 22.2 Å². The number of carbonyl (C=O) groups is 1. The molecular weight excluding hydrogens is 374 g/mol. The number of aliphatic carboxylic acids is 1. The minimum absolute atomic E-state index is 0.0294. The third-order valence-electron chi connectivity index (χ3n) is 3.32. The van der Waals surface area contributed by atoms with E-state index in [1.54, 1.807) is 6.07 Å². The van der Waals surface area contributed by atoms with Gasteiger partial charge >= 0.3 is 5.97 Å². The Morgan fingerprint density at radius 3 is 2.64 bits per heavy atom. The van der Waals surface area contributed by atoms with Gasteiger partial charge in [-0.1, -0.05) is 23.7 Å². The third kappa shape index (κ3) is 3.35. The minimum Gasteiger partial charge on any atom is -0.479 e. The summed E-state index contributed by atoms with van der Waals surface area (Å²) in [7, 11) is 0. The molecular formula is C16H11ClF2N2O3S. The van der Waals surface area contributed by atoms with Crippen LogP contribution in [0.15, 0.2) is 36.4 Å². The lowest BCUT2D eigenvalue weighted by molar-refractivity contribution is -0.144. The third-order valence-corrected chi connectivity index (χ3v) is 4.54. The highest BCUT2D eigenvalue weighted by atomic mass is 35.5. The van der Waals surface area contributed by atoms with Crippen LogP contribution in [0, 0.1) is 10.9 Å². The second-order valence-corrected chi connectivity index (χ2v) is 6.44.